The fraction of sp³-hybridized carbons (Fsp3) is 0.880. The number of rotatable bonds is 23. The van der Waals surface area contributed by atoms with Gasteiger partial charge in [-0.05, 0) is 12.8 Å². The van der Waals surface area contributed by atoms with Gasteiger partial charge in [-0.2, -0.15) is 0 Å². The van der Waals surface area contributed by atoms with E-state index in [4.69, 9.17) is 5.11 Å². The Kier molecular flexibility index (Phi) is 21.3. The summed E-state index contributed by atoms with van der Waals surface area (Å²) < 4.78 is 0. The van der Waals surface area contributed by atoms with Crippen molar-refractivity contribution in [1.82, 2.24) is 5.32 Å². The standard InChI is InChI=1S/C25H47NO4/c1-2-3-4-5-6-7-8-9-10-11-12-13-14-15-16-17-18-21-24(28)26-23(25(29)30)20-19-22-27/h22-23H,2-21H2,1H3,(H,26,28)(H,29,30)/t23-/m0/s1. The van der Waals surface area contributed by atoms with Crippen LogP contribution in [-0.2, 0) is 14.4 Å². The topological polar surface area (TPSA) is 83.5 Å². The summed E-state index contributed by atoms with van der Waals surface area (Å²) in [6, 6.07) is -0.950. The smallest absolute Gasteiger partial charge is 0.326 e. The molecule has 2 N–H and O–H groups in total. The van der Waals surface area contributed by atoms with E-state index in [1.54, 1.807) is 0 Å². The number of carboxylic acids is 1. The summed E-state index contributed by atoms with van der Waals surface area (Å²) in [6.45, 7) is 2.27. The van der Waals surface area contributed by atoms with E-state index in [-0.39, 0.29) is 18.7 Å². The van der Waals surface area contributed by atoms with Crippen LogP contribution in [0.1, 0.15) is 135 Å². The van der Waals surface area contributed by atoms with E-state index in [2.05, 4.69) is 12.2 Å². The first kappa shape index (κ1) is 28.6. The predicted molar refractivity (Wildman–Crippen MR) is 124 cm³/mol. The predicted octanol–water partition coefficient (Wildman–Crippen LogP) is 6.58. The highest BCUT2D eigenvalue weighted by Crippen LogP contribution is 2.14. The van der Waals surface area contributed by atoms with Gasteiger partial charge in [0.2, 0.25) is 5.91 Å². The van der Waals surface area contributed by atoms with Crippen molar-refractivity contribution in [3.05, 3.63) is 0 Å². The largest absolute Gasteiger partial charge is 0.480 e. The Hall–Kier alpha value is -1.39. The summed E-state index contributed by atoms with van der Waals surface area (Å²) in [6.07, 6.45) is 23.4. The normalized spacial score (nSPS) is 11.9. The van der Waals surface area contributed by atoms with Gasteiger partial charge in [-0.3, -0.25) is 4.79 Å². The summed E-state index contributed by atoms with van der Waals surface area (Å²) in [7, 11) is 0. The number of amides is 1. The van der Waals surface area contributed by atoms with Crippen molar-refractivity contribution < 1.29 is 19.5 Å². The summed E-state index contributed by atoms with van der Waals surface area (Å²) in [5.41, 5.74) is 0. The van der Waals surface area contributed by atoms with Gasteiger partial charge in [0.15, 0.2) is 0 Å². The zero-order valence-electron chi connectivity index (χ0n) is 19.5. The number of unbranched alkanes of at least 4 members (excludes halogenated alkanes) is 16. The van der Waals surface area contributed by atoms with Crippen molar-refractivity contribution >= 4 is 18.2 Å². The van der Waals surface area contributed by atoms with Crippen LogP contribution in [0.2, 0.25) is 0 Å². The third-order valence-corrected chi connectivity index (χ3v) is 5.71. The van der Waals surface area contributed by atoms with Crippen molar-refractivity contribution in [2.24, 2.45) is 0 Å². The van der Waals surface area contributed by atoms with Crippen LogP contribution in [0.3, 0.4) is 0 Å². The van der Waals surface area contributed by atoms with Crippen molar-refractivity contribution in [1.29, 1.82) is 0 Å². The van der Waals surface area contributed by atoms with E-state index in [1.165, 1.54) is 89.9 Å². The van der Waals surface area contributed by atoms with Crippen molar-refractivity contribution in [2.75, 3.05) is 0 Å². The maximum absolute atomic E-state index is 11.8. The lowest BCUT2D eigenvalue weighted by Crippen LogP contribution is -2.40. The second kappa shape index (κ2) is 22.3. The Morgan fingerprint density at radius 3 is 1.50 bits per heavy atom. The molecule has 0 unspecified atom stereocenters. The van der Waals surface area contributed by atoms with Gasteiger partial charge >= 0.3 is 5.97 Å². The molecule has 0 aliphatic carbocycles. The average molecular weight is 426 g/mol. The number of aliphatic carboxylic acids is 1. The molecule has 0 aromatic heterocycles. The number of carboxylic acid groups (broad SMARTS) is 1. The maximum atomic E-state index is 11.8. The van der Waals surface area contributed by atoms with E-state index in [9.17, 15) is 14.4 Å². The quantitative estimate of drug-likeness (QED) is 0.143. The van der Waals surface area contributed by atoms with E-state index < -0.39 is 12.0 Å². The van der Waals surface area contributed by atoms with Gasteiger partial charge in [-0.1, -0.05) is 110 Å². The fourth-order valence-electron chi connectivity index (χ4n) is 3.77. The minimum atomic E-state index is -1.08. The van der Waals surface area contributed by atoms with Crippen LogP contribution in [0.25, 0.3) is 0 Å². The molecule has 0 saturated carbocycles. The second-order valence-electron chi connectivity index (χ2n) is 8.61. The lowest BCUT2D eigenvalue weighted by molar-refractivity contribution is -0.142. The molecule has 0 aliphatic heterocycles. The molecule has 0 aromatic carbocycles. The first-order valence-electron chi connectivity index (χ1n) is 12.6. The van der Waals surface area contributed by atoms with Gasteiger partial charge in [0.25, 0.3) is 0 Å². The van der Waals surface area contributed by atoms with E-state index >= 15 is 0 Å². The minimum absolute atomic E-state index is 0.149. The molecular weight excluding hydrogens is 378 g/mol. The highest BCUT2D eigenvalue weighted by Gasteiger charge is 2.18. The maximum Gasteiger partial charge on any atom is 0.326 e. The lowest BCUT2D eigenvalue weighted by atomic mass is 10.0. The monoisotopic (exact) mass is 425 g/mol. The second-order valence-corrected chi connectivity index (χ2v) is 8.61. The third-order valence-electron chi connectivity index (χ3n) is 5.71. The van der Waals surface area contributed by atoms with Crippen LogP contribution in [0.15, 0.2) is 0 Å². The van der Waals surface area contributed by atoms with Gasteiger partial charge in [0.05, 0.1) is 0 Å². The Labute approximate surface area is 184 Å². The zero-order chi connectivity index (χ0) is 22.3. The Balaban J connectivity index is 3.35. The molecule has 0 aliphatic rings. The summed E-state index contributed by atoms with van der Waals surface area (Å²) in [4.78, 5) is 33.2. The zero-order valence-corrected chi connectivity index (χ0v) is 19.5. The number of hydrogen-bond acceptors (Lipinski definition) is 3. The molecule has 176 valence electrons. The van der Waals surface area contributed by atoms with Crippen LogP contribution in [0.5, 0.6) is 0 Å². The summed E-state index contributed by atoms with van der Waals surface area (Å²) in [5.74, 6) is -1.30. The molecule has 5 heteroatoms. The van der Waals surface area contributed by atoms with Crippen LogP contribution in [0.4, 0.5) is 0 Å². The molecule has 0 aromatic rings. The van der Waals surface area contributed by atoms with Crippen molar-refractivity contribution in [2.45, 2.75) is 141 Å². The van der Waals surface area contributed by atoms with Gasteiger partial charge < -0.3 is 15.2 Å². The number of nitrogens with one attached hydrogen (secondary N) is 1. The lowest BCUT2D eigenvalue weighted by Gasteiger charge is -2.13. The highest BCUT2D eigenvalue weighted by atomic mass is 16.4. The van der Waals surface area contributed by atoms with Gasteiger partial charge in [0.1, 0.15) is 12.3 Å². The van der Waals surface area contributed by atoms with Gasteiger partial charge in [-0.25, -0.2) is 4.79 Å². The number of aldehydes is 1. The van der Waals surface area contributed by atoms with E-state index in [1.807, 2.05) is 0 Å². The molecule has 0 radical (unpaired) electrons. The van der Waals surface area contributed by atoms with Gasteiger partial charge in [-0.15, -0.1) is 0 Å². The van der Waals surface area contributed by atoms with Gasteiger partial charge in [0, 0.05) is 12.8 Å². The molecule has 0 rings (SSSR count). The fourth-order valence-corrected chi connectivity index (χ4v) is 3.77. The highest BCUT2D eigenvalue weighted by molar-refractivity contribution is 5.83. The van der Waals surface area contributed by atoms with E-state index in [0.717, 1.165) is 19.3 Å². The molecule has 1 amide bonds. The third kappa shape index (κ3) is 19.9. The molecule has 1 atom stereocenters. The van der Waals surface area contributed by atoms with Crippen LogP contribution in [0, 0.1) is 0 Å². The van der Waals surface area contributed by atoms with Crippen LogP contribution >= 0.6 is 0 Å². The molecule has 0 bridgehead atoms. The molecule has 5 nitrogen and oxygen atoms in total. The minimum Gasteiger partial charge on any atom is -0.480 e. The van der Waals surface area contributed by atoms with Crippen LogP contribution in [-0.4, -0.2) is 29.3 Å². The Morgan fingerprint density at radius 1 is 0.733 bits per heavy atom. The molecular formula is C25H47NO4. The first-order valence-corrected chi connectivity index (χ1v) is 12.6. The Morgan fingerprint density at radius 2 is 1.13 bits per heavy atom. The van der Waals surface area contributed by atoms with Crippen LogP contribution < -0.4 is 5.32 Å². The molecule has 30 heavy (non-hydrogen) atoms. The van der Waals surface area contributed by atoms with Crippen molar-refractivity contribution in [3.8, 4) is 0 Å². The Bertz CT molecular complexity index is 425. The van der Waals surface area contributed by atoms with E-state index in [0.29, 0.717) is 12.7 Å². The molecule has 0 fully saturated rings. The average Bonchev–Trinajstić information content (AvgIpc) is 2.73. The molecule has 0 spiro atoms. The number of carbonyl (C=O) groups is 3. The summed E-state index contributed by atoms with van der Waals surface area (Å²) in [5, 5.41) is 11.5. The molecule has 0 saturated heterocycles. The SMILES string of the molecule is CCCCCCCCCCCCCCCCCCCC(=O)N[C@@H](CCC=O)C(=O)O. The number of hydrogen-bond donors (Lipinski definition) is 2. The summed E-state index contributed by atoms with van der Waals surface area (Å²) >= 11 is 0. The first-order chi connectivity index (χ1) is 14.6. The molecule has 0 heterocycles. The number of carbonyl (C=O) groups excluding carboxylic acids is 2. The van der Waals surface area contributed by atoms with Crippen molar-refractivity contribution in [3.63, 3.8) is 0 Å².